The number of halogens is 4. The van der Waals surface area contributed by atoms with Crippen LogP contribution in [0.25, 0.3) is 0 Å². The molecule has 30 heavy (non-hydrogen) atoms. The number of ether oxygens (including phenoxy) is 1. The Hall–Kier alpha value is -2.66. The van der Waals surface area contributed by atoms with Crippen LogP contribution in [0.3, 0.4) is 0 Å². The third-order valence-electron chi connectivity index (χ3n) is 4.33. The lowest BCUT2D eigenvalue weighted by atomic mass is 10.1. The highest BCUT2D eigenvalue weighted by molar-refractivity contribution is 7.89. The fourth-order valence-corrected chi connectivity index (χ4v) is 4.26. The van der Waals surface area contributed by atoms with E-state index >= 15 is 0 Å². The number of rotatable bonds is 6. The van der Waals surface area contributed by atoms with Crippen molar-refractivity contribution in [2.45, 2.75) is 30.7 Å². The number of nitrogens with zero attached hydrogens (tertiary/aromatic N) is 2. The van der Waals surface area contributed by atoms with Crippen LogP contribution < -0.4 is 4.74 Å². The highest BCUT2D eigenvalue weighted by atomic mass is 32.2. The molecular formula is C19H18F4N2O4S. The van der Waals surface area contributed by atoms with E-state index in [9.17, 15) is 26.0 Å². The second-order valence-corrected chi connectivity index (χ2v) is 8.42. The first-order valence-electron chi connectivity index (χ1n) is 8.91. The highest BCUT2D eigenvalue weighted by Gasteiger charge is 2.32. The van der Waals surface area contributed by atoms with E-state index in [0.717, 1.165) is 29.8 Å². The van der Waals surface area contributed by atoms with Crippen molar-refractivity contribution in [3.8, 4) is 5.75 Å². The van der Waals surface area contributed by atoms with Crippen LogP contribution in [0.5, 0.6) is 5.75 Å². The Balaban J connectivity index is 1.54. The zero-order chi connectivity index (χ0) is 21.8. The first-order valence-corrected chi connectivity index (χ1v) is 10.4. The van der Waals surface area contributed by atoms with E-state index in [1.54, 1.807) is 12.1 Å². The van der Waals surface area contributed by atoms with Crippen molar-refractivity contribution in [1.82, 2.24) is 4.31 Å². The highest BCUT2D eigenvalue weighted by Crippen LogP contribution is 2.26. The van der Waals surface area contributed by atoms with Gasteiger partial charge in [0.2, 0.25) is 10.0 Å². The summed E-state index contributed by atoms with van der Waals surface area (Å²) in [4.78, 5) is 5.13. The molecule has 0 aromatic heterocycles. The van der Waals surface area contributed by atoms with Crippen molar-refractivity contribution < 1.29 is 35.6 Å². The molecule has 0 bridgehead atoms. The fourth-order valence-electron chi connectivity index (χ4n) is 2.82. The van der Waals surface area contributed by atoms with Gasteiger partial charge in [0.15, 0.2) is 0 Å². The van der Waals surface area contributed by atoms with Gasteiger partial charge in [0.05, 0.1) is 10.6 Å². The van der Waals surface area contributed by atoms with Crippen LogP contribution in [0.15, 0.2) is 58.6 Å². The van der Waals surface area contributed by atoms with Gasteiger partial charge in [-0.1, -0.05) is 17.3 Å². The van der Waals surface area contributed by atoms with Gasteiger partial charge in [-0.25, -0.2) is 12.8 Å². The summed E-state index contributed by atoms with van der Waals surface area (Å²) in [6, 6.07) is 9.86. The molecule has 1 saturated heterocycles. The predicted molar refractivity (Wildman–Crippen MR) is 99.7 cm³/mol. The third kappa shape index (κ3) is 5.92. The molecule has 3 rings (SSSR count). The van der Waals surface area contributed by atoms with Gasteiger partial charge in [0.25, 0.3) is 0 Å². The van der Waals surface area contributed by atoms with Crippen LogP contribution in [0.1, 0.15) is 18.4 Å². The minimum absolute atomic E-state index is 0.120. The molecule has 1 heterocycles. The van der Waals surface area contributed by atoms with Crippen LogP contribution in [0, 0.1) is 5.82 Å². The minimum atomic E-state index is -4.85. The summed E-state index contributed by atoms with van der Waals surface area (Å²) < 4.78 is 79.9. The first-order chi connectivity index (χ1) is 14.1. The van der Waals surface area contributed by atoms with Gasteiger partial charge in [-0.15, -0.1) is 13.2 Å². The van der Waals surface area contributed by atoms with Gasteiger partial charge in [0.1, 0.15) is 18.2 Å². The molecule has 1 aliphatic heterocycles. The van der Waals surface area contributed by atoms with Crippen LogP contribution >= 0.6 is 0 Å². The normalized spacial score (nSPS) is 15.7. The third-order valence-corrected chi connectivity index (χ3v) is 6.25. The van der Waals surface area contributed by atoms with E-state index in [-0.39, 0.29) is 30.4 Å². The lowest BCUT2D eigenvalue weighted by Gasteiger charge is -2.26. The summed E-state index contributed by atoms with van der Waals surface area (Å²) in [5.74, 6) is -0.839. The molecular weight excluding hydrogens is 428 g/mol. The maximum absolute atomic E-state index is 12.9. The van der Waals surface area contributed by atoms with Crippen LogP contribution in [-0.4, -0.2) is 37.9 Å². The average molecular weight is 446 g/mol. The molecule has 2 aromatic rings. The van der Waals surface area contributed by atoms with Crippen molar-refractivity contribution in [3.05, 3.63) is 59.9 Å². The van der Waals surface area contributed by atoms with E-state index in [0.29, 0.717) is 18.6 Å². The molecule has 0 aliphatic carbocycles. The summed E-state index contributed by atoms with van der Waals surface area (Å²) in [6.07, 6.45) is -4.13. The van der Waals surface area contributed by atoms with Crippen LogP contribution in [-0.2, 0) is 21.5 Å². The van der Waals surface area contributed by atoms with Crippen LogP contribution in [0.4, 0.5) is 17.6 Å². The Kier molecular flexibility index (Phi) is 6.61. The molecule has 0 radical (unpaired) electrons. The molecule has 0 saturated carbocycles. The van der Waals surface area contributed by atoms with E-state index in [1.165, 1.54) is 16.4 Å². The zero-order valence-electron chi connectivity index (χ0n) is 15.6. The van der Waals surface area contributed by atoms with Gasteiger partial charge in [-0.05, 0) is 42.0 Å². The standard InChI is InChI=1S/C19H18F4N2O4S/c20-15-3-1-14(2-4-15)13-28-24-16-9-11-25(12-10-16)30(26,27)18-7-5-17(6-8-18)29-19(21,22)23/h1-8H,9-13H2. The van der Waals surface area contributed by atoms with Gasteiger partial charge >= 0.3 is 6.36 Å². The van der Waals surface area contributed by atoms with Crippen molar-refractivity contribution >= 4 is 15.7 Å². The second kappa shape index (κ2) is 9.00. The summed E-state index contributed by atoms with van der Waals surface area (Å²) in [5, 5.41) is 4.01. The molecule has 0 amide bonds. The van der Waals surface area contributed by atoms with Crippen molar-refractivity contribution in [2.75, 3.05) is 13.1 Å². The lowest BCUT2D eigenvalue weighted by Crippen LogP contribution is -2.38. The number of hydrogen-bond acceptors (Lipinski definition) is 5. The Morgan fingerprint density at radius 1 is 0.967 bits per heavy atom. The summed E-state index contributed by atoms with van der Waals surface area (Å²) in [5.41, 5.74) is 1.44. The molecule has 0 atom stereocenters. The monoisotopic (exact) mass is 446 g/mol. The second-order valence-electron chi connectivity index (χ2n) is 6.48. The largest absolute Gasteiger partial charge is 0.573 e. The Morgan fingerprint density at radius 3 is 2.13 bits per heavy atom. The van der Waals surface area contributed by atoms with Gasteiger partial charge < -0.3 is 9.57 Å². The fraction of sp³-hybridized carbons (Fsp3) is 0.316. The van der Waals surface area contributed by atoms with Crippen molar-refractivity contribution in [1.29, 1.82) is 0 Å². The lowest BCUT2D eigenvalue weighted by molar-refractivity contribution is -0.274. The van der Waals surface area contributed by atoms with E-state index < -0.39 is 22.1 Å². The maximum atomic E-state index is 12.9. The zero-order valence-corrected chi connectivity index (χ0v) is 16.4. The molecule has 0 spiro atoms. The molecule has 0 unspecified atom stereocenters. The molecule has 1 aliphatic rings. The minimum Gasteiger partial charge on any atom is -0.406 e. The Labute approximate surface area is 170 Å². The topological polar surface area (TPSA) is 68.2 Å². The molecule has 162 valence electrons. The predicted octanol–water partition coefficient (Wildman–Crippen LogP) is 4.08. The summed E-state index contributed by atoms with van der Waals surface area (Å²) in [7, 11) is -3.85. The Bertz CT molecular complexity index is 981. The number of sulfonamides is 1. The number of piperidine rings is 1. The number of hydrogen-bond donors (Lipinski definition) is 0. The average Bonchev–Trinajstić information content (AvgIpc) is 2.69. The smallest absolute Gasteiger partial charge is 0.406 e. The number of oxime groups is 1. The summed E-state index contributed by atoms with van der Waals surface area (Å²) >= 11 is 0. The number of alkyl halides is 3. The van der Waals surface area contributed by atoms with Gasteiger partial charge in [-0.2, -0.15) is 4.31 Å². The molecule has 1 fully saturated rings. The molecule has 6 nitrogen and oxygen atoms in total. The molecule has 11 heteroatoms. The van der Waals surface area contributed by atoms with Gasteiger partial charge in [-0.3, -0.25) is 0 Å². The SMILES string of the molecule is O=S(=O)(c1ccc(OC(F)(F)F)cc1)N1CCC(=NOCc2ccc(F)cc2)CC1. The molecule has 0 N–H and O–H groups in total. The van der Waals surface area contributed by atoms with Crippen LogP contribution in [0.2, 0.25) is 0 Å². The van der Waals surface area contributed by atoms with E-state index in [2.05, 4.69) is 9.89 Å². The van der Waals surface area contributed by atoms with E-state index in [4.69, 9.17) is 4.84 Å². The Morgan fingerprint density at radius 2 is 1.57 bits per heavy atom. The summed E-state index contributed by atoms with van der Waals surface area (Å²) in [6.45, 7) is 0.502. The maximum Gasteiger partial charge on any atom is 0.573 e. The van der Waals surface area contributed by atoms with E-state index in [1.807, 2.05) is 0 Å². The van der Waals surface area contributed by atoms with Crippen molar-refractivity contribution in [2.24, 2.45) is 5.16 Å². The first kappa shape index (κ1) is 22.0. The molecule has 2 aromatic carbocycles. The quantitative estimate of drug-likeness (QED) is 0.495. The van der Waals surface area contributed by atoms with Crippen molar-refractivity contribution in [3.63, 3.8) is 0 Å². The van der Waals surface area contributed by atoms with Gasteiger partial charge in [0, 0.05) is 25.9 Å². The number of benzene rings is 2.